The van der Waals surface area contributed by atoms with Crippen molar-refractivity contribution in [3.63, 3.8) is 0 Å². The monoisotopic (exact) mass is 671 g/mol. The normalized spacial score (nSPS) is 11.9. The van der Waals surface area contributed by atoms with Crippen molar-refractivity contribution in [1.82, 2.24) is 15.0 Å². The summed E-state index contributed by atoms with van der Waals surface area (Å²) in [5.74, 6) is 1.79. The molecule has 0 saturated heterocycles. The van der Waals surface area contributed by atoms with Crippen LogP contribution in [0.5, 0.6) is 0 Å². The van der Waals surface area contributed by atoms with E-state index in [9.17, 15) is 0 Å². The number of fused-ring (bicyclic) bond motifs is 9. The maximum Gasteiger partial charge on any atom is 0.167 e. The van der Waals surface area contributed by atoms with E-state index < -0.39 is 0 Å². The average molecular weight is 672 g/mol. The predicted octanol–water partition coefficient (Wildman–Crippen LogP) is 12.7. The fourth-order valence-electron chi connectivity index (χ4n) is 7.41. The lowest BCUT2D eigenvalue weighted by molar-refractivity contribution is 0.669. The van der Waals surface area contributed by atoms with E-state index in [1.165, 1.54) is 15.5 Å². The lowest BCUT2D eigenvalue weighted by Gasteiger charge is -2.09. The quantitative estimate of drug-likeness (QED) is 0.186. The van der Waals surface area contributed by atoms with Crippen molar-refractivity contribution in [2.75, 3.05) is 0 Å². The maximum atomic E-state index is 6.47. The number of rotatable bonds is 4. The van der Waals surface area contributed by atoms with E-state index in [1.807, 2.05) is 72.8 Å². The van der Waals surface area contributed by atoms with Gasteiger partial charge in [-0.1, -0.05) is 121 Å². The average Bonchev–Trinajstić information content (AvgIpc) is 3.89. The third-order valence-electron chi connectivity index (χ3n) is 9.76. The summed E-state index contributed by atoms with van der Waals surface area (Å²) in [4.78, 5) is 15.2. The molecule has 238 valence electrons. The molecule has 0 N–H and O–H groups in total. The first kappa shape index (κ1) is 28.2. The van der Waals surface area contributed by atoms with Crippen molar-refractivity contribution < 1.29 is 8.83 Å². The fourth-order valence-corrected chi connectivity index (χ4v) is 8.59. The third-order valence-corrected chi connectivity index (χ3v) is 10.9. The minimum atomic E-state index is 0.571. The van der Waals surface area contributed by atoms with Gasteiger partial charge in [0.25, 0.3) is 0 Å². The Morgan fingerprint density at radius 2 is 0.941 bits per heavy atom. The van der Waals surface area contributed by atoms with Crippen LogP contribution in [-0.4, -0.2) is 15.0 Å². The summed E-state index contributed by atoms with van der Waals surface area (Å²) < 4.78 is 15.2. The Morgan fingerprint density at radius 3 is 1.69 bits per heavy atom. The van der Waals surface area contributed by atoms with Crippen LogP contribution < -0.4 is 0 Å². The molecule has 0 aliphatic carbocycles. The van der Waals surface area contributed by atoms with E-state index >= 15 is 0 Å². The second kappa shape index (κ2) is 10.9. The summed E-state index contributed by atoms with van der Waals surface area (Å²) in [5, 5.41) is 6.76. The zero-order valence-corrected chi connectivity index (χ0v) is 27.8. The van der Waals surface area contributed by atoms with Crippen LogP contribution in [-0.2, 0) is 0 Å². The van der Waals surface area contributed by atoms with Gasteiger partial charge in [0.05, 0.1) is 5.56 Å². The number of benzene rings is 7. The van der Waals surface area contributed by atoms with Gasteiger partial charge in [-0.2, -0.15) is 0 Å². The van der Waals surface area contributed by atoms with Crippen molar-refractivity contribution in [3.05, 3.63) is 152 Å². The number of para-hydroxylation sites is 4. The van der Waals surface area contributed by atoms with Gasteiger partial charge in [0.15, 0.2) is 17.5 Å². The molecule has 0 bridgehead atoms. The molecule has 11 aromatic rings. The first-order valence-corrected chi connectivity index (χ1v) is 17.7. The molecule has 0 amide bonds. The highest BCUT2D eigenvalue weighted by molar-refractivity contribution is 7.26. The highest BCUT2D eigenvalue weighted by Crippen LogP contribution is 2.44. The smallest absolute Gasteiger partial charge is 0.167 e. The molecule has 0 radical (unpaired) electrons. The highest BCUT2D eigenvalue weighted by atomic mass is 32.1. The fraction of sp³-hybridized carbons (Fsp3) is 0. The first-order valence-electron chi connectivity index (χ1n) is 16.9. The minimum absolute atomic E-state index is 0.571. The molecule has 7 aromatic carbocycles. The van der Waals surface area contributed by atoms with Gasteiger partial charge in [-0.05, 0) is 35.9 Å². The molecule has 51 heavy (non-hydrogen) atoms. The van der Waals surface area contributed by atoms with Crippen LogP contribution in [0.3, 0.4) is 0 Å². The minimum Gasteiger partial charge on any atom is -0.455 e. The number of hydrogen-bond donors (Lipinski definition) is 0. The molecule has 4 aromatic heterocycles. The summed E-state index contributed by atoms with van der Waals surface area (Å²) in [6, 6.07) is 52.1. The zero-order chi connectivity index (χ0) is 33.5. The Bertz CT molecular complexity index is 3160. The molecular weight excluding hydrogens is 647 g/mol. The highest BCUT2D eigenvalue weighted by Gasteiger charge is 2.20. The van der Waals surface area contributed by atoms with Gasteiger partial charge in [0, 0.05) is 58.4 Å². The largest absolute Gasteiger partial charge is 0.455 e. The van der Waals surface area contributed by atoms with Crippen LogP contribution in [0.15, 0.2) is 160 Å². The van der Waals surface area contributed by atoms with Gasteiger partial charge >= 0.3 is 0 Å². The second-order valence-corrected chi connectivity index (χ2v) is 13.8. The molecule has 0 fully saturated rings. The first-order chi connectivity index (χ1) is 25.3. The molecule has 11 rings (SSSR count). The molecule has 0 spiro atoms. The van der Waals surface area contributed by atoms with Gasteiger partial charge in [-0.3, -0.25) is 0 Å². The molecule has 0 atom stereocenters. The summed E-state index contributed by atoms with van der Waals surface area (Å²) >= 11 is 1.78. The van der Waals surface area contributed by atoms with Gasteiger partial charge < -0.3 is 8.83 Å². The molecule has 0 aliphatic rings. The van der Waals surface area contributed by atoms with Crippen LogP contribution in [0.4, 0.5) is 0 Å². The summed E-state index contributed by atoms with van der Waals surface area (Å²) in [7, 11) is 0. The van der Waals surface area contributed by atoms with Crippen molar-refractivity contribution in [2.24, 2.45) is 0 Å². The van der Waals surface area contributed by atoms with Crippen LogP contribution in [0, 0.1) is 0 Å². The number of aromatic nitrogens is 3. The Balaban J connectivity index is 1.10. The molecule has 5 nitrogen and oxygen atoms in total. The van der Waals surface area contributed by atoms with Gasteiger partial charge in [-0.15, -0.1) is 11.3 Å². The molecule has 0 saturated carbocycles. The Kier molecular flexibility index (Phi) is 6.05. The van der Waals surface area contributed by atoms with E-state index in [0.717, 1.165) is 76.4 Å². The van der Waals surface area contributed by atoms with E-state index in [0.29, 0.717) is 17.5 Å². The lowest BCUT2D eigenvalue weighted by atomic mass is 9.97. The molecule has 4 heterocycles. The molecular formula is C45H25N3O2S. The summed E-state index contributed by atoms with van der Waals surface area (Å²) in [6.07, 6.45) is 0. The molecule has 0 aliphatic heterocycles. The zero-order valence-electron chi connectivity index (χ0n) is 27.0. The Labute approximate surface area is 295 Å². The Hall–Kier alpha value is -6.63. The van der Waals surface area contributed by atoms with E-state index in [1.54, 1.807) is 11.3 Å². The van der Waals surface area contributed by atoms with Gasteiger partial charge in [0.2, 0.25) is 0 Å². The van der Waals surface area contributed by atoms with Crippen LogP contribution in [0.1, 0.15) is 0 Å². The van der Waals surface area contributed by atoms with Crippen LogP contribution >= 0.6 is 11.3 Å². The van der Waals surface area contributed by atoms with Crippen molar-refractivity contribution >= 4 is 75.4 Å². The van der Waals surface area contributed by atoms with Gasteiger partial charge in [0.1, 0.15) is 22.3 Å². The topological polar surface area (TPSA) is 65.0 Å². The number of nitrogens with zero attached hydrogens (tertiary/aromatic N) is 3. The number of furan rings is 2. The Morgan fingerprint density at radius 1 is 0.373 bits per heavy atom. The van der Waals surface area contributed by atoms with E-state index in [2.05, 4.69) is 78.9 Å². The predicted molar refractivity (Wildman–Crippen MR) is 209 cm³/mol. The lowest BCUT2D eigenvalue weighted by Crippen LogP contribution is -2.00. The number of thiophene rings is 1. The van der Waals surface area contributed by atoms with Crippen LogP contribution in [0.2, 0.25) is 0 Å². The standard InChI is InChI=1S/C45H25N3O2S/c1-2-11-26(12-3-1)43-46-44(48-45(47-43)35-19-9-17-32-29-14-5-7-21-37(29)50-42(32)35)27-23-24-34-39(25-27)51-38-22-10-15-30(40(34)38)33-18-8-16-31-28-13-4-6-20-36(28)49-41(31)33/h1-25H. The van der Waals surface area contributed by atoms with Crippen LogP contribution in [0.25, 0.3) is 109 Å². The van der Waals surface area contributed by atoms with Crippen molar-refractivity contribution in [3.8, 4) is 45.3 Å². The molecule has 6 heteroatoms. The second-order valence-electron chi connectivity index (χ2n) is 12.7. The van der Waals surface area contributed by atoms with Crippen molar-refractivity contribution in [1.29, 1.82) is 0 Å². The van der Waals surface area contributed by atoms with E-state index in [-0.39, 0.29) is 0 Å². The summed E-state index contributed by atoms with van der Waals surface area (Å²) in [5.41, 5.74) is 8.33. The maximum absolute atomic E-state index is 6.47. The third kappa shape index (κ3) is 4.37. The van der Waals surface area contributed by atoms with Crippen molar-refractivity contribution in [2.45, 2.75) is 0 Å². The summed E-state index contributed by atoms with van der Waals surface area (Å²) in [6.45, 7) is 0. The molecule has 0 unspecified atom stereocenters. The van der Waals surface area contributed by atoms with Gasteiger partial charge in [-0.25, -0.2) is 15.0 Å². The SMILES string of the molecule is c1ccc(-c2nc(-c3ccc4c(c3)sc3cccc(-c5cccc6c5oc5ccccc56)c34)nc(-c3cccc4c3oc3ccccc34)n2)cc1. The van der Waals surface area contributed by atoms with E-state index in [4.69, 9.17) is 23.8 Å². The number of hydrogen-bond acceptors (Lipinski definition) is 6.